The highest BCUT2D eigenvalue weighted by Crippen LogP contribution is 2.19. The van der Waals surface area contributed by atoms with Gasteiger partial charge in [0.2, 0.25) is 5.91 Å². The maximum atomic E-state index is 12.1. The SMILES string of the molecule is CC(Cl)C(=O)N(Cc1ccccc1)C(C)(C)C. The molecule has 3 heteroatoms. The minimum Gasteiger partial charge on any atom is -0.332 e. The van der Waals surface area contributed by atoms with E-state index in [1.165, 1.54) is 0 Å². The van der Waals surface area contributed by atoms with E-state index in [1.54, 1.807) is 6.92 Å². The molecular formula is C14H20ClNO. The number of carbonyl (C=O) groups excluding carboxylic acids is 1. The molecular weight excluding hydrogens is 234 g/mol. The third-order valence-electron chi connectivity index (χ3n) is 2.60. The van der Waals surface area contributed by atoms with Gasteiger partial charge in [-0.3, -0.25) is 4.79 Å². The molecule has 0 aromatic heterocycles. The summed E-state index contributed by atoms with van der Waals surface area (Å²) in [5, 5.41) is -0.488. The van der Waals surface area contributed by atoms with Crippen molar-refractivity contribution in [3.63, 3.8) is 0 Å². The van der Waals surface area contributed by atoms with Gasteiger partial charge in [-0.15, -0.1) is 11.6 Å². The van der Waals surface area contributed by atoms with E-state index in [0.717, 1.165) is 5.56 Å². The van der Waals surface area contributed by atoms with Crippen molar-refractivity contribution in [1.82, 2.24) is 4.90 Å². The summed E-state index contributed by atoms with van der Waals surface area (Å²) < 4.78 is 0. The van der Waals surface area contributed by atoms with Crippen LogP contribution in [0, 0.1) is 0 Å². The molecule has 0 bridgehead atoms. The molecule has 0 heterocycles. The molecule has 0 fully saturated rings. The predicted octanol–water partition coefficient (Wildman–Crippen LogP) is 3.44. The zero-order valence-electron chi connectivity index (χ0n) is 10.9. The van der Waals surface area contributed by atoms with Gasteiger partial charge in [0.1, 0.15) is 5.38 Å². The van der Waals surface area contributed by atoms with Gasteiger partial charge in [-0.2, -0.15) is 0 Å². The largest absolute Gasteiger partial charge is 0.332 e. The van der Waals surface area contributed by atoms with Crippen molar-refractivity contribution >= 4 is 17.5 Å². The third kappa shape index (κ3) is 4.04. The molecule has 1 amide bonds. The van der Waals surface area contributed by atoms with Gasteiger partial charge in [-0.25, -0.2) is 0 Å². The lowest BCUT2D eigenvalue weighted by Gasteiger charge is -2.36. The Labute approximate surface area is 109 Å². The first-order chi connectivity index (χ1) is 7.82. The highest BCUT2D eigenvalue weighted by atomic mass is 35.5. The molecule has 94 valence electrons. The van der Waals surface area contributed by atoms with Gasteiger partial charge in [0.25, 0.3) is 0 Å². The smallest absolute Gasteiger partial charge is 0.241 e. The summed E-state index contributed by atoms with van der Waals surface area (Å²) in [6.07, 6.45) is 0. The van der Waals surface area contributed by atoms with Crippen LogP contribution in [0.25, 0.3) is 0 Å². The molecule has 1 unspecified atom stereocenters. The first kappa shape index (κ1) is 14.0. The Morgan fingerprint density at radius 2 is 1.82 bits per heavy atom. The van der Waals surface area contributed by atoms with Gasteiger partial charge in [0.05, 0.1) is 0 Å². The van der Waals surface area contributed by atoms with Crippen LogP contribution >= 0.6 is 11.6 Å². The van der Waals surface area contributed by atoms with Crippen LogP contribution < -0.4 is 0 Å². The first-order valence-electron chi connectivity index (χ1n) is 5.82. The van der Waals surface area contributed by atoms with Crippen molar-refractivity contribution in [2.24, 2.45) is 0 Å². The van der Waals surface area contributed by atoms with E-state index >= 15 is 0 Å². The van der Waals surface area contributed by atoms with Crippen LogP contribution in [-0.4, -0.2) is 21.7 Å². The highest BCUT2D eigenvalue weighted by molar-refractivity contribution is 6.30. The summed E-state index contributed by atoms with van der Waals surface area (Å²) in [4.78, 5) is 13.9. The summed E-state index contributed by atoms with van der Waals surface area (Å²) in [5.74, 6) is -0.0250. The molecule has 1 aromatic rings. The zero-order chi connectivity index (χ0) is 13.1. The highest BCUT2D eigenvalue weighted by Gasteiger charge is 2.28. The van der Waals surface area contributed by atoms with E-state index in [4.69, 9.17) is 11.6 Å². The second kappa shape index (κ2) is 5.54. The van der Waals surface area contributed by atoms with Gasteiger partial charge in [0.15, 0.2) is 0 Å². The van der Waals surface area contributed by atoms with Gasteiger partial charge < -0.3 is 4.90 Å². The normalized spacial score (nSPS) is 13.2. The summed E-state index contributed by atoms with van der Waals surface area (Å²) in [6.45, 7) is 8.38. The number of nitrogens with zero attached hydrogens (tertiary/aromatic N) is 1. The molecule has 0 spiro atoms. The standard InChI is InChI=1S/C14H20ClNO/c1-11(15)13(17)16(14(2,3)4)10-12-8-6-5-7-9-12/h5-9,11H,10H2,1-4H3. The van der Waals surface area contributed by atoms with Crippen LogP contribution in [0.15, 0.2) is 30.3 Å². The van der Waals surface area contributed by atoms with Crippen LogP contribution in [0.5, 0.6) is 0 Å². The van der Waals surface area contributed by atoms with Gasteiger partial charge >= 0.3 is 0 Å². The zero-order valence-corrected chi connectivity index (χ0v) is 11.7. The van der Waals surface area contributed by atoms with E-state index < -0.39 is 5.38 Å². The number of rotatable bonds is 3. The van der Waals surface area contributed by atoms with Crippen LogP contribution in [0.2, 0.25) is 0 Å². The Kier molecular flexibility index (Phi) is 4.58. The van der Waals surface area contributed by atoms with Crippen molar-refractivity contribution in [3.8, 4) is 0 Å². The average Bonchev–Trinajstić information content (AvgIpc) is 2.24. The number of alkyl halides is 1. The molecule has 2 nitrogen and oxygen atoms in total. The molecule has 0 N–H and O–H groups in total. The Bertz CT molecular complexity index is 368. The number of amides is 1. The lowest BCUT2D eigenvalue weighted by atomic mass is 10.0. The average molecular weight is 254 g/mol. The van der Waals surface area contributed by atoms with E-state index in [-0.39, 0.29) is 11.4 Å². The van der Waals surface area contributed by atoms with Crippen molar-refractivity contribution < 1.29 is 4.79 Å². The minimum atomic E-state index is -0.488. The molecule has 0 aliphatic heterocycles. The lowest BCUT2D eigenvalue weighted by molar-refractivity contribution is -0.136. The van der Waals surface area contributed by atoms with Crippen molar-refractivity contribution in [2.75, 3.05) is 0 Å². The van der Waals surface area contributed by atoms with Crippen LogP contribution in [0.3, 0.4) is 0 Å². The molecule has 1 rings (SSSR count). The maximum Gasteiger partial charge on any atom is 0.241 e. The van der Waals surface area contributed by atoms with E-state index in [9.17, 15) is 4.79 Å². The Morgan fingerprint density at radius 3 is 2.24 bits per heavy atom. The van der Waals surface area contributed by atoms with E-state index in [1.807, 2.05) is 56.0 Å². The predicted molar refractivity (Wildman–Crippen MR) is 72.1 cm³/mol. The number of carbonyl (C=O) groups is 1. The van der Waals surface area contributed by atoms with Crippen molar-refractivity contribution in [2.45, 2.75) is 45.2 Å². The Balaban J connectivity index is 2.90. The Hall–Kier alpha value is -1.02. The van der Waals surface area contributed by atoms with Gasteiger partial charge in [-0.1, -0.05) is 30.3 Å². The summed E-state index contributed by atoms with van der Waals surface area (Å²) in [6, 6.07) is 9.96. The fourth-order valence-electron chi connectivity index (χ4n) is 1.63. The summed E-state index contributed by atoms with van der Waals surface area (Å²) >= 11 is 5.90. The molecule has 17 heavy (non-hydrogen) atoms. The number of benzene rings is 1. The van der Waals surface area contributed by atoms with Crippen molar-refractivity contribution in [1.29, 1.82) is 0 Å². The quantitative estimate of drug-likeness (QED) is 0.756. The molecule has 0 aliphatic rings. The third-order valence-corrected chi connectivity index (χ3v) is 2.79. The monoisotopic (exact) mass is 253 g/mol. The van der Waals surface area contributed by atoms with E-state index in [2.05, 4.69) is 0 Å². The second-order valence-electron chi connectivity index (χ2n) is 5.20. The van der Waals surface area contributed by atoms with Gasteiger partial charge in [-0.05, 0) is 33.3 Å². The number of halogens is 1. The van der Waals surface area contributed by atoms with Crippen LogP contribution in [0.1, 0.15) is 33.3 Å². The molecule has 1 atom stereocenters. The van der Waals surface area contributed by atoms with E-state index in [0.29, 0.717) is 6.54 Å². The van der Waals surface area contributed by atoms with Gasteiger partial charge in [0, 0.05) is 12.1 Å². The number of hydrogen-bond acceptors (Lipinski definition) is 1. The fourth-order valence-corrected chi connectivity index (χ4v) is 1.74. The topological polar surface area (TPSA) is 20.3 Å². The maximum absolute atomic E-state index is 12.1. The van der Waals surface area contributed by atoms with Crippen molar-refractivity contribution in [3.05, 3.63) is 35.9 Å². The number of hydrogen-bond donors (Lipinski definition) is 0. The second-order valence-corrected chi connectivity index (χ2v) is 5.85. The molecule has 0 aliphatic carbocycles. The molecule has 0 saturated heterocycles. The fraction of sp³-hybridized carbons (Fsp3) is 0.500. The molecule has 0 radical (unpaired) electrons. The molecule has 0 saturated carbocycles. The minimum absolute atomic E-state index is 0.0250. The summed E-state index contributed by atoms with van der Waals surface area (Å²) in [5.41, 5.74) is 0.892. The first-order valence-corrected chi connectivity index (χ1v) is 6.25. The van der Waals surface area contributed by atoms with Crippen LogP contribution in [-0.2, 0) is 11.3 Å². The van der Waals surface area contributed by atoms with Crippen LogP contribution in [0.4, 0.5) is 0 Å². The summed E-state index contributed by atoms with van der Waals surface area (Å²) in [7, 11) is 0. The lowest BCUT2D eigenvalue weighted by Crippen LogP contribution is -2.47. The Morgan fingerprint density at radius 1 is 1.29 bits per heavy atom. The molecule has 1 aromatic carbocycles.